The third-order valence-corrected chi connectivity index (χ3v) is 18.6. The summed E-state index contributed by atoms with van der Waals surface area (Å²) in [4.78, 5) is 53.2. The van der Waals surface area contributed by atoms with Crippen LogP contribution in [-0.2, 0) is 68.9 Å². The number of unbranched alkanes of at least 4 members (excludes halogenated alkanes) is 4. The second kappa shape index (κ2) is 46.4. The van der Waals surface area contributed by atoms with E-state index >= 15 is 0 Å². The normalized spacial score (nSPS) is 11.0. The molecule has 0 unspecified atom stereocenters. The highest BCUT2D eigenvalue weighted by Crippen LogP contribution is 2.42. The lowest BCUT2D eigenvalue weighted by Crippen LogP contribution is -2.11. The number of anilines is 8. The van der Waals surface area contributed by atoms with Crippen molar-refractivity contribution in [3.8, 4) is 23.0 Å². The summed E-state index contributed by atoms with van der Waals surface area (Å²) in [6.45, 7) is 23.2. The van der Waals surface area contributed by atoms with Crippen LogP contribution in [0.4, 0.5) is 47.1 Å². The number of aromatic nitrogens is 8. The molecule has 8 rings (SSSR count). The predicted molar refractivity (Wildman–Crippen MR) is 436 cm³/mol. The van der Waals surface area contributed by atoms with E-state index in [-0.39, 0.29) is 36.6 Å². The number of rotatable bonds is 34. The van der Waals surface area contributed by atoms with E-state index in [1.807, 2.05) is 83.5 Å². The first-order chi connectivity index (χ1) is 50.4. The first kappa shape index (κ1) is 90.6. The number of aryl methyl sites for hydroxylation is 4. The minimum atomic E-state index is -4.15. The molecule has 32 heteroatoms. The summed E-state index contributed by atoms with van der Waals surface area (Å²) in [7, 11) is 7.60. The van der Waals surface area contributed by atoms with Crippen molar-refractivity contribution in [3.63, 3.8) is 0 Å². The molecule has 15 N–H and O–H groups in total. The number of nitrogens with one attached hydrogen (secondary N) is 4. The van der Waals surface area contributed by atoms with Crippen LogP contribution in [0.5, 0.6) is 23.0 Å². The van der Waals surface area contributed by atoms with Gasteiger partial charge in [0, 0.05) is 130 Å². The van der Waals surface area contributed by atoms with Crippen LogP contribution < -0.4 is 63.1 Å². The molecule has 8 aromatic rings. The molecule has 0 aliphatic carbocycles. The van der Waals surface area contributed by atoms with E-state index in [0.717, 1.165) is 196 Å². The topological polar surface area (TPSA) is 404 Å². The molecule has 4 aromatic carbocycles. The molecule has 0 aliphatic rings. The molecule has 4 heterocycles. The Kier molecular flexibility index (Phi) is 39.6. The number of halogens is 3. The zero-order valence-electron chi connectivity index (χ0n) is 63.6. The van der Waals surface area contributed by atoms with E-state index < -0.39 is 24.0 Å². The van der Waals surface area contributed by atoms with E-state index in [9.17, 15) is 24.0 Å². The van der Waals surface area contributed by atoms with Crippen molar-refractivity contribution in [1.82, 2.24) is 39.9 Å². The molecule has 0 radical (unpaired) electrons. The monoisotopic (exact) mass is 1580 g/mol. The van der Waals surface area contributed by atoms with Crippen LogP contribution in [0, 0.1) is 27.7 Å². The number of hydrogen-bond acceptors (Lipinski definition) is 24. The molecular weight excluding hydrogens is 1470 g/mol. The number of ether oxygens (including phenoxy) is 4. The first-order valence-corrected chi connectivity index (χ1v) is 42.9. The summed E-state index contributed by atoms with van der Waals surface area (Å²) in [5.74, 6) is 7.58. The van der Waals surface area contributed by atoms with E-state index in [1.54, 1.807) is 46.6 Å². The fourth-order valence-corrected chi connectivity index (χ4v) is 13.0. The van der Waals surface area contributed by atoms with Crippen LogP contribution in [-0.4, -0.2) is 127 Å². The Hall–Kier alpha value is -7.84. The molecule has 0 atom stereocenters. The molecule has 106 heavy (non-hydrogen) atoms. The smallest absolute Gasteiger partial charge is 0.329 e. The van der Waals surface area contributed by atoms with Crippen molar-refractivity contribution >= 4 is 104 Å². The maximum absolute atomic E-state index is 12.2. The van der Waals surface area contributed by atoms with Crippen LogP contribution >= 0.6 is 47.7 Å². The minimum absolute atomic E-state index is 0.00415. The maximum Gasteiger partial charge on any atom is 0.329 e. The summed E-state index contributed by atoms with van der Waals surface area (Å²) in [6.07, 6.45) is 11.2. The minimum Gasteiger partial charge on any atom is -0.496 e. The van der Waals surface area contributed by atoms with Gasteiger partial charge in [0.15, 0.2) is 0 Å². The second-order valence-electron chi connectivity index (χ2n) is 25.4. The Labute approximate surface area is 641 Å². The molecule has 0 saturated heterocycles. The van der Waals surface area contributed by atoms with Gasteiger partial charge >= 0.3 is 7.60 Å². The Morgan fingerprint density at radius 2 is 0.679 bits per heavy atom. The third-order valence-electron chi connectivity index (χ3n) is 16.4. The number of methoxy groups -OCH3 is 4. The van der Waals surface area contributed by atoms with E-state index in [2.05, 4.69) is 122 Å². The van der Waals surface area contributed by atoms with Gasteiger partial charge in [0.2, 0.25) is 33.0 Å². The Balaban J connectivity index is 0.000000294. The Morgan fingerprint density at radius 3 is 0.915 bits per heavy atom. The second-order valence-corrected chi connectivity index (χ2v) is 33.3. The lowest BCUT2D eigenvalue weighted by atomic mass is 10.0. The number of aliphatic hydroxyl groups excluding tert-OH is 1. The van der Waals surface area contributed by atoms with Gasteiger partial charge in [-0.2, -0.15) is 19.9 Å². The van der Waals surface area contributed by atoms with Crippen LogP contribution in [0.15, 0.2) is 72.8 Å². The fourth-order valence-electron chi connectivity index (χ4n) is 11.1. The Bertz CT molecular complexity index is 3960. The van der Waals surface area contributed by atoms with Crippen LogP contribution in [0.3, 0.4) is 0 Å². The molecule has 4 aromatic heterocycles. The van der Waals surface area contributed by atoms with Gasteiger partial charge in [-0.1, -0.05) is 95.8 Å². The third kappa shape index (κ3) is 31.5. The van der Waals surface area contributed by atoms with Crippen molar-refractivity contribution in [2.45, 2.75) is 157 Å². The fraction of sp³-hybridized carbons (Fsp3) is 0.459. The Morgan fingerprint density at radius 1 is 0.434 bits per heavy atom. The van der Waals surface area contributed by atoms with Crippen molar-refractivity contribution in [3.05, 3.63) is 162 Å². The van der Waals surface area contributed by atoms with Gasteiger partial charge in [-0.15, -0.1) is 11.6 Å². The number of alkyl halides is 1. The van der Waals surface area contributed by atoms with Gasteiger partial charge in [-0.25, -0.2) is 24.1 Å². The molecule has 0 amide bonds. The van der Waals surface area contributed by atoms with Gasteiger partial charge in [-0.05, 0) is 142 Å². The van der Waals surface area contributed by atoms with Crippen molar-refractivity contribution in [2.24, 2.45) is 0 Å². The molecule has 0 aliphatic heterocycles. The van der Waals surface area contributed by atoms with Gasteiger partial charge in [0.05, 0.1) is 48.3 Å². The van der Waals surface area contributed by atoms with Gasteiger partial charge < -0.3 is 82.6 Å². The average molecular weight is 1580 g/mol. The van der Waals surface area contributed by atoms with Crippen molar-refractivity contribution < 1.29 is 47.2 Å². The average Bonchev–Trinajstić information content (AvgIpc) is 0.825. The van der Waals surface area contributed by atoms with E-state index in [1.165, 1.54) is 0 Å². The van der Waals surface area contributed by atoms with Crippen molar-refractivity contribution in [2.75, 3.05) is 112 Å². The molecule has 0 spiro atoms. The molecule has 0 fully saturated rings. The number of nitrogen functional groups attached to an aromatic ring is 4. The van der Waals surface area contributed by atoms with E-state index in [4.69, 9.17) is 57.7 Å². The predicted octanol–water partition coefficient (Wildman–Crippen LogP) is 14.8. The van der Waals surface area contributed by atoms with E-state index in [0.29, 0.717) is 54.9 Å². The van der Waals surface area contributed by atoms with Gasteiger partial charge in [-0.3, -0.25) is 4.57 Å². The number of benzene rings is 4. The van der Waals surface area contributed by atoms with Crippen LogP contribution in [0.1, 0.15) is 169 Å². The molecule has 0 bridgehead atoms. The lowest BCUT2D eigenvalue weighted by Gasteiger charge is -2.16. The van der Waals surface area contributed by atoms with Crippen LogP contribution in [0.2, 0.25) is 0 Å². The lowest BCUT2D eigenvalue weighted by molar-refractivity contribution is 0.281. The molecule has 26 nitrogen and oxygen atoms in total. The number of nitrogens with zero attached hydrogens (tertiary/aromatic N) is 8. The number of hydrogen-bond donors (Lipinski definition) is 11. The molecular formula is C74H109Cl3N16O10P2S. The summed E-state index contributed by atoms with van der Waals surface area (Å²) >= 11 is 5.97. The summed E-state index contributed by atoms with van der Waals surface area (Å²) in [5, 5.41) is 22.8. The summed E-state index contributed by atoms with van der Waals surface area (Å²) < 4.78 is 54.6. The summed E-state index contributed by atoms with van der Waals surface area (Å²) in [6, 6.07) is 22.8. The SMILES string of the molecule is CCCCNc1nc(N)nc(C)c1Cc1cc(CCl)ccc1OC.CCCCNc1nc(N)nc(C)c1Cc1cc(CO)ccc1OC.CCCCNc1nc(N)nc(C)c1Cc1cc(CP(=O)(O)O)ccc1OC.CCCCNc1nc(N)nc(C)c1Cc1cc(CP(C)(C)=O)ccc1OC.O=S(Cl)Cl. The maximum atomic E-state index is 12.2. The number of aliphatic hydroxyl groups is 1. The molecule has 0 saturated carbocycles. The largest absolute Gasteiger partial charge is 0.496 e. The summed E-state index contributed by atoms with van der Waals surface area (Å²) in [5.41, 5.74) is 37.9. The van der Waals surface area contributed by atoms with Crippen LogP contribution in [0.25, 0.3) is 0 Å². The number of nitrogens with two attached hydrogens (primary N) is 4. The van der Waals surface area contributed by atoms with Gasteiger partial charge in [0.25, 0.3) is 0 Å². The molecule has 582 valence electrons. The first-order valence-electron chi connectivity index (χ1n) is 35.0. The highest BCUT2D eigenvalue weighted by molar-refractivity contribution is 8.26. The quantitative estimate of drug-likeness (QED) is 0.00772. The standard InChI is InChI=1S/C20H31N4O2P.C18H25ClN4O.C18H27N4O4P.C18H26N4O2.Cl2OS/c1-6-7-10-22-19-17(14(2)23-20(21)24-19)12-16-11-15(13-27(4,5)25)8-9-18(16)26-3;1-4-5-8-21-17-15(12(2)22-18(20)23-17)10-14-9-13(11-19)6-7-16(14)24-3;1-4-5-8-20-17-15(12(2)21-18(19)22-17)10-14-9-13(11-27(23,24)25)6-7-16(14)26-3;1-4-5-8-20-17-15(12(2)21-18(19)22-17)10-14-9-13(11-23)6-7-16(14)24-3;1-4(2)3/h8-9,11H,6-7,10,12-13H2,1-5H3,(H3,21,22,23,24);6-7,9H,4-5,8,10-11H2,1-3H3,(H3,20,21,22,23);6-7,9H,4-5,8,10-11H2,1-3H3,(H2,23,24,25)(H3,19,20,21,22);6-7,9,23H,4-5,8,10-11H2,1-3H3,(H3,19,20,21,22);. The highest BCUT2D eigenvalue weighted by Gasteiger charge is 2.22. The zero-order chi connectivity index (χ0) is 78.7. The van der Waals surface area contributed by atoms with Crippen molar-refractivity contribution in [1.29, 1.82) is 0 Å². The highest BCUT2D eigenvalue weighted by atomic mass is 36.0. The zero-order valence-corrected chi connectivity index (χ0v) is 68.5. The van der Waals surface area contributed by atoms with Gasteiger partial charge in [0.1, 0.15) is 46.3 Å².